The van der Waals surface area contributed by atoms with Crippen LogP contribution in [0.5, 0.6) is 0 Å². The molecule has 0 aliphatic carbocycles. The van der Waals surface area contributed by atoms with Crippen molar-refractivity contribution < 1.29 is 28.6 Å². The van der Waals surface area contributed by atoms with Crippen LogP contribution in [0, 0.1) is 0 Å². The number of hydrogen-bond donors (Lipinski definition) is 0. The van der Waals surface area contributed by atoms with Gasteiger partial charge >= 0.3 is 17.9 Å². The Kier molecular flexibility index (Phi) is 60.8. The zero-order valence-corrected chi connectivity index (χ0v) is 50.2. The van der Waals surface area contributed by atoms with Crippen molar-refractivity contribution in [1.29, 1.82) is 0 Å². The smallest absolute Gasteiger partial charge is 0.306 e. The molecule has 0 saturated heterocycles. The standard InChI is InChI=1S/C71H118O6/c1-4-7-10-13-16-19-22-25-28-31-34-35-38-40-43-46-49-52-55-58-61-64-70(73)76-67-68(77-71(74)65-62-59-56-53-50-47-44-41-37-33-30-27-24-21-18-15-12-9-6-3)66-75-69(72)63-60-57-54-51-48-45-42-39-36-32-29-26-23-20-17-14-11-8-5-2/h7,10,16-21,25-30,34-37,39,41,68H,4-6,8-9,11-15,22-24,31-33,38,40,42-67H2,1-3H3/b10-7-,19-16-,20-17-,21-18-,28-25-,29-26-,30-27-,35-34-,39-36-,41-37-. The summed E-state index contributed by atoms with van der Waals surface area (Å²) in [5, 5.41) is 0. The first-order valence-electron chi connectivity index (χ1n) is 32.0. The Morgan fingerprint density at radius 1 is 0.273 bits per heavy atom. The summed E-state index contributed by atoms with van der Waals surface area (Å²) in [6.45, 7) is 6.46. The monoisotopic (exact) mass is 1070 g/mol. The predicted molar refractivity (Wildman–Crippen MR) is 334 cm³/mol. The fourth-order valence-electron chi connectivity index (χ4n) is 8.62. The third kappa shape index (κ3) is 62.5. The Hall–Kier alpha value is -4.19. The number of rotatable bonds is 57. The Bertz CT molecular complexity index is 1600. The number of unbranched alkanes of at least 4 members (excludes halogenated alkanes) is 26. The van der Waals surface area contributed by atoms with Gasteiger partial charge in [0.15, 0.2) is 6.10 Å². The summed E-state index contributed by atoms with van der Waals surface area (Å²) in [5.41, 5.74) is 0. The summed E-state index contributed by atoms with van der Waals surface area (Å²) in [7, 11) is 0. The third-order valence-electron chi connectivity index (χ3n) is 13.4. The second-order valence-electron chi connectivity index (χ2n) is 20.9. The van der Waals surface area contributed by atoms with Crippen molar-refractivity contribution in [3.05, 3.63) is 122 Å². The summed E-state index contributed by atoms with van der Waals surface area (Å²) in [6.07, 6.45) is 89.0. The van der Waals surface area contributed by atoms with Crippen LogP contribution in [0.1, 0.15) is 290 Å². The lowest BCUT2D eigenvalue weighted by molar-refractivity contribution is -0.167. The minimum atomic E-state index is -0.800. The highest BCUT2D eigenvalue weighted by atomic mass is 16.6. The van der Waals surface area contributed by atoms with Crippen LogP contribution in [-0.4, -0.2) is 37.2 Å². The zero-order chi connectivity index (χ0) is 55.7. The summed E-state index contributed by atoms with van der Waals surface area (Å²) < 4.78 is 16.9. The van der Waals surface area contributed by atoms with E-state index in [1.165, 1.54) is 116 Å². The van der Waals surface area contributed by atoms with Gasteiger partial charge in [-0.1, -0.05) is 258 Å². The van der Waals surface area contributed by atoms with Crippen molar-refractivity contribution in [3.63, 3.8) is 0 Å². The summed E-state index contributed by atoms with van der Waals surface area (Å²) in [4.78, 5) is 38.4. The Balaban J connectivity index is 4.47. The molecule has 0 aromatic rings. The molecular weight excluding hydrogens is 949 g/mol. The molecule has 0 fully saturated rings. The molecule has 0 amide bonds. The lowest BCUT2D eigenvalue weighted by Gasteiger charge is -2.18. The molecule has 1 atom stereocenters. The largest absolute Gasteiger partial charge is 0.462 e. The van der Waals surface area contributed by atoms with Crippen molar-refractivity contribution in [3.8, 4) is 0 Å². The first-order chi connectivity index (χ1) is 38.0. The molecule has 0 N–H and O–H groups in total. The Labute approximate surface area is 475 Å². The molecule has 0 aromatic heterocycles. The number of esters is 3. The van der Waals surface area contributed by atoms with Crippen molar-refractivity contribution in [1.82, 2.24) is 0 Å². The summed E-state index contributed by atoms with van der Waals surface area (Å²) in [6, 6.07) is 0. The van der Waals surface area contributed by atoms with Crippen LogP contribution in [0.4, 0.5) is 0 Å². The van der Waals surface area contributed by atoms with Gasteiger partial charge in [0, 0.05) is 19.3 Å². The SMILES string of the molecule is CC/C=C\C/C=C\C/C=C\C/C=C\CCCCCCCCCCC(=O)OCC(COC(=O)CCCCCCCC/C=C\C/C=C\C/C=C\CCCCC)OC(=O)CCCCCCCC/C=C\C/C=C\C/C=C\CCCCC. The molecule has 0 spiro atoms. The molecule has 0 bridgehead atoms. The van der Waals surface area contributed by atoms with Gasteiger partial charge in [0.1, 0.15) is 13.2 Å². The normalized spacial score (nSPS) is 12.9. The van der Waals surface area contributed by atoms with Gasteiger partial charge in [-0.3, -0.25) is 14.4 Å². The van der Waals surface area contributed by atoms with Gasteiger partial charge in [-0.15, -0.1) is 0 Å². The van der Waals surface area contributed by atoms with E-state index in [-0.39, 0.29) is 31.1 Å². The summed E-state index contributed by atoms with van der Waals surface area (Å²) in [5.74, 6) is -0.922. The van der Waals surface area contributed by atoms with Gasteiger partial charge in [-0.05, 0) is 135 Å². The summed E-state index contributed by atoms with van der Waals surface area (Å²) >= 11 is 0. The van der Waals surface area contributed by atoms with E-state index in [9.17, 15) is 14.4 Å². The Morgan fingerprint density at radius 2 is 0.506 bits per heavy atom. The first kappa shape index (κ1) is 72.8. The zero-order valence-electron chi connectivity index (χ0n) is 50.2. The van der Waals surface area contributed by atoms with Crippen molar-refractivity contribution in [2.24, 2.45) is 0 Å². The molecule has 77 heavy (non-hydrogen) atoms. The van der Waals surface area contributed by atoms with Crippen LogP contribution in [0.2, 0.25) is 0 Å². The second kappa shape index (κ2) is 64.3. The van der Waals surface area contributed by atoms with Gasteiger partial charge in [0.25, 0.3) is 0 Å². The van der Waals surface area contributed by atoms with Crippen LogP contribution in [0.25, 0.3) is 0 Å². The van der Waals surface area contributed by atoms with Crippen LogP contribution >= 0.6 is 0 Å². The van der Waals surface area contributed by atoms with Crippen molar-refractivity contribution >= 4 is 17.9 Å². The van der Waals surface area contributed by atoms with Crippen molar-refractivity contribution in [2.75, 3.05) is 13.2 Å². The highest BCUT2D eigenvalue weighted by Gasteiger charge is 2.19. The molecule has 0 aliphatic heterocycles. The van der Waals surface area contributed by atoms with E-state index in [2.05, 4.69) is 142 Å². The topological polar surface area (TPSA) is 78.9 Å². The van der Waals surface area contributed by atoms with Gasteiger partial charge in [-0.25, -0.2) is 0 Å². The van der Waals surface area contributed by atoms with Gasteiger partial charge in [-0.2, -0.15) is 0 Å². The molecule has 0 aliphatic rings. The number of hydrogen-bond acceptors (Lipinski definition) is 6. The number of allylic oxidation sites excluding steroid dienone is 20. The molecule has 1 unspecified atom stereocenters. The average Bonchev–Trinajstić information content (AvgIpc) is 3.43. The van der Waals surface area contributed by atoms with E-state index in [0.29, 0.717) is 19.3 Å². The average molecular weight is 1070 g/mol. The van der Waals surface area contributed by atoms with E-state index < -0.39 is 6.10 Å². The number of carbonyl (C=O) groups excluding carboxylic acids is 3. The third-order valence-corrected chi connectivity index (χ3v) is 13.4. The molecule has 438 valence electrons. The lowest BCUT2D eigenvalue weighted by Crippen LogP contribution is -2.30. The Morgan fingerprint density at radius 3 is 0.792 bits per heavy atom. The van der Waals surface area contributed by atoms with Gasteiger partial charge in [0.05, 0.1) is 0 Å². The van der Waals surface area contributed by atoms with Gasteiger partial charge < -0.3 is 14.2 Å². The molecule has 0 saturated carbocycles. The molecular formula is C71H118O6. The number of ether oxygens (including phenoxy) is 3. The van der Waals surface area contributed by atoms with E-state index in [4.69, 9.17) is 14.2 Å². The lowest BCUT2D eigenvalue weighted by atomic mass is 10.1. The maximum atomic E-state index is 12.9. The molecule has 0 radical (unpaired) electrons. The van der Waals surface area contributed by atoms with Gasteiger partial charge in [0.2, 0.25) is 0 Å². The molecule has 0 heterocycles. The maximum Gasteiger partial charge on any atom is 0.306 e. The van der Waals surface area contributed by atoms with Crippen LogP contribution in [-0.2, 0) is 28.6 Å². The first-order valence-corrected chi connectivity index (χ1v) is 32.0. The van der Waals surface area contributed by atoms with E-state index in [0.717, 1.165) is 135 Å². The minimum Gasteiger partial charge on any atom is -0.462 e. The second-order valence-corrected chi connectivity index (χ2v) is 20.9. The van der Waals surface area contributed by atoms with E-state index in [1.54, 1.807) is 0 Å². The molecule has 6 nitrogen and oxygen atoms in total. The quantitative estimate of drug-likeness (QED) is 0.0261. The minimum absolute atomic E-state index is 0.0945. The fraction of sp³-hybridized carbons (Fsp3) is 0.676. The molecule has 0 aromatic carbocycles. The predicted octanol–water partition coefficient (Wildman–Crippen LogP) is 22.0. The molecule has 0 rings (SSSR count). The fourth-order valence-corrected chi connectivity index (χ4v) is 8.62. The van der Waals surface area contributed by atoms with E-state index >= 15 is 0 Å². The maximum absolute atomic E-state index is 12.9. The van der Waals surface area contributed by atoms with Crippen molar-refractivity contribution in [2.45, 2.75) is 297 Å². The van der Waals surface area contributed by atoms with Crippen LogP contribution in [0.15, 0.2) is 122 Å². The van der Waals surface area contributed by atoms with E-state index in [1.807, 2.05) is 0 Å². The molecule has 6 heteroatoms. The van der Waals surface area contributed by atoms with Crippen LogP contribution < -0.4 is 0 Å². The number of carbonyl (C=O) groups is 3. The highest BCUT2D eigenvalue weighted by molar-refractivity contribution is 5.71. The van der Waals surface area contributed by atoms with Crippen LogP contribution in [0.3, 0.4) is 0 Å². The highest BCUT2D eigenvalue weighted by Crippen LogP contribution is 2.15.